The first-order valence-electron chi connectivity index (χ1n) is 20.1. The molecule has 62 heavy (non-hydrogen) atoms. The number of alkyl halides is 1. The molecular formula is C52H62ClN3NaO5+. The van der Waals surface area contributed by atoms with E-state index < -0.39 is 5.97 Å². The number of aliphatic hydroxyl groups excluding tert-OH is 1. The average molecular weight is 868 g/mol. The van der Waals surface area contributed by atoms with Gasteiger partial charge in [-0.25, -0.2) is 0 Å². The maximum atomic E-state index is 10.8. The maximum absolute atomic E-state index is 10.8. The second-order valence-electron chi connectivity index (χ2n) is 15.5. The summed E-state index contributed by atoms with van der Waals surface area (Å²) in [5.74, 6) is -0.766. The first-order chi connectivity index (χ1) is 29.1. The summed E-state index contributed by atoms with van der Waals surface area (Å²) in [7, 11) is 12.4. The second kappa shape index (κ2) is 28.9. The molecule has 0 aliphatic heterocycles. The van der Waals surface area contributed by atoms with Crippen LogP contribution in [0.15, 0.2) is 146 Å². The minimum absolute atomic E-state index is 0. The molecule has 0 heterocycles. The summed E-state index contributed by atoms with van der Waals surface area (Å²) in [4.78, 5) is 26.2. The van der Waals surface area contributed by atoms with Gasteiger partial charge < -0.3 is 34.4 Å². The van der Waals surface area contributed by atoms with E-state index in [-0.39, 0.29) is 43.6 Å². The smallest absolute Gasteiger partial charge is 0.550 e. The van der Waals surface area contributed by atoms with Gasteiger partial charge >= 0.3 is 37.0 Å². The first-order valence-corrected chi connectivity index (χ1v) is 20.7. The molecule has 0 atom stereocenters. The molecule has 6 rings (SSSR count). The van der Waals surface area contributed by atoms with Crippen LogP contribution in [0.5, 0.6) is 0 Å². The molecule has 1 N–H and O–H groups in total. The summed E-state index contributed by atoms with van der Waals surface area (Å²) in [6.07, 6.45) is 0. The number of hydrogen-bond acceptors (Lipinski definition) is 8. The van der Waals surface area contributed by atoms with Gasteiger partial charge in [-0.2, -0.15) is 0 Å². The van der Waals surface area contributed by atoms with Crippen LogP contribution >= 0.6 is 11.6 Å². The zero-order chi connectivity index (χ0) is 44.7. The van der Waals surface area contributed by atoms with Gasteiger partial charge in [-0.05, 0) is 116 Å². The number of halogens is 1. The molecule has 0 saturated heterocycles. The molecule has 0 bridgehead atoms. The Morgan fingerprint density at radius 3 is 0.919 bits per heavy atom. The number of carboxylic acids is 1. The van der Waals surface area contributed by atoms with E-state index >= 15 is 0 Å². The third-order valence-electron chi connectivity index (χ3n) is 9.00. The van der Waals surface area contributed by atoms with Gasteiger partial charge in [0.1, 0.15) is 6.61 Å². The van der Waals surface area contributed by atoms with Gasteiger partial charge in [0, 0.05) is 38.4 Å². The summed E-state index contributed by atoms with van der Waals surface area (Å²) < 4.78 is 4.98. The molecular weight excluding hydrogens is 805 g/mol. The number of aliphatic hydroxyl groups is 1. The summed E-state index contributed by atoms with van der Waals surface area (Å²) in [6.45, 7) is 5.71. The molecule has 6 aromatic rings. The molecule has 322 valence electrons. The van der Waals surface area contributed by atoms with Gasteiger partial charge in [-0.1, -0.05) is 146 Å². The number of carbonyl (C=O) groups excluding carboxylic acids is 2. The van der Waals surface area contributed by atoms with Crippen molar-refractivity contribution in [2.45, 2.75) is 52.6 Å². The minimum Gasteiger partial charge on any atom is -0.550 e. The maximum Gasteiger partial charge on any atom is 1.00 e. The van der Waals surface area contributed by atoms with Gasteiger partial charge in [0.15, 0.2) is 0 Å². The zero-order valence-electron chi connectivity index (χ0n) is 38.9. The second-order valence-corrected chi connectivity index (χ2v) is 15.7. The van der Waals surface area contributed by atoms with Crippen LogP contribution in [0, 0.1) is 0 Å². The SMILES string of the molecule is CC(=O)OCc1ccc(-c2ccc(CN(C)C)cc2)cc1.CC(=O)[O-].CN(C)Cc1ccc(-c2ccc(CCl)cc2)cc1.CN(C)Cc1ccc(-c2ccc(CO)cc2)cc1.[H+].[Na+]. The van der Waals surface area contributed by atoms with Gasteiger partial charge in [-0.15, -0.1) is 11.6 Å². The standard InChI is InChI=1S/C18H21NO2.C16H18ClN.C16H19NO.C2H4O2.Na/c1-14(20)21-13-16-6-10-18(11-7-16)17-8-4-15(5-9-17)12-19(2)3;1-18(2)12-14-5-9-16(10-6-14)15-7-3-13(11-17)4-8-15;1-17(2)11-13-3-7-15(8-4-13)16-9-5-14(12-18)6-10-16;1-2(3)4;/h4-11H,12-13H2,1-3H3;3-10H,11-12H2,1-2H3;3-10,18H,11-12H2,1-2H3;1H3,(H,3,4);/q;;;;+1. The molecule has 10 heteroatoms. The molecule has 0 spiro atoms. The Labute approximate surface area is 398 Å². The number of rotatable bonds is 13. The number of ether oxygens (including phenoxy) is 1. The van der Waals surface area contributed by atoms with E-state index in [1.165, 1.54) is 51.4 Å². The van der Waals surface area contributed by atoms with E-state index in [1.54, 1.807) is 0 Å². The quantitative estimate of drug-likeness (QED) is 0.0809. The Balaban J connectivity index is 0.000000447. The molecule has 0 amide bonds. The van der Waals surface area contributed by atoms with E-state index in [9.17, 15) is 4.79 Å². The van der Waals surface area contributed by atoms with E-state index in [0.29, 0.717) is 12.5 Å². The van der Waals surface area contributed by atoms with Crippen molar-refractivity contribution in [2.24, 2.45) is 0 Å². The fourth-order valence-electron chi connectivity index (χ4n) is 6.07. The van der Waals surface area contributed by atoms with E-state index in [4.69, 9.17) is 31.3 Å². The van der Waals surface area contributed by atoms with Crippen LogP contribution in [0.3, 0.4) is 0 Å². The summed E-state index contributed by atoms with van der Waals surface area (Å²) in [5.41, 5.74) is 14.3. The van der Waals surface area contributed by atoms with Crippen molar-refractivity contribution in [3.63, 3.8) is 0 Å². The molecule has 0 saturated carbocycles. The largest absolute Gasteiger partial charge is 1.00 e. The Bertz CT molecular complexity index is 2070. The van der Waals surface area contributed by atoms with Crippen molar-refractivity contribution < 1.29 is 55.5 Å². The van der Waals surface area contributed by atoms with Gasteiger partial charge in [0.2, 0.25) is 0 Å². The van der Waals surface area contributed by atoms with Crippen molar-refractivity contribution >= 4 is 23.5 Å². The molecule has 0 aromatic heterocycles. The third-order valence-corrected chi connectivity index (χ3v) is 9.31. The van der Waals surface area contributed by atoms with Crippen LogP contribution in [0.25, 0.3) is 33.4 Å². The fourth-order valence-corrected chi connectivity index (χ4v) is 6.25. The monoisotopic (exact) mass is 866 g/mol. The summed E-state index contributed by atoms with van der Waals surface area (Å²) in [5, 5.41) is 17.9. The number of carboxylic acid groups (broad SMARTS) is 1. The van der Waals surface area contributed by atoms with Crippen LogP contribution in [-0.4, -0.2) is 74.0 Å². The van der Waals surface area contributed by atoms with Crippen molar-refractivity contribution in [3.8, 4) is 33.4 Å². The van der Waals surface area contributed by atoms with Crippen molar-refractivity contribution in [3.05, 3.63) is 179 Å². The average Bonchev–Trinajstić information content (AvgIpc) is 3.24. The van der Waals surface area contributed by atoms with E-state index in [1.807, 2.05) is 36.4 Å². The van der Waals surface area contributed by atoms with Crippen LogP contribution in [0.1, 0.15) is 48.7 Å². The number of carbonyl (C=O) groups is 2. The van der Waals surface area contributed by atoms with Gasteiger partial charge in [-0.3, -0.25) is 4.79 Å². The topological polar surface area (TPSA) is 96.4 Å². The molecule has 8 nitrogen and oxygen atoms in total. The number of benzene rings is 6. The zero-order valence-corrected chi connectivity index (χ0v) is 40.7. The number of aliphatic carboxylic acids is 1. The minimum atomic E-state index is -1.08. The molecule has 0 fully saturated rings. The van der Waals surface area contributed by atoms with Crippen LogP contribution in [0.2, 0.25) is 0 Å². The molecule has 0 aliphatic rings. The number of esters is 1. The van der Waals surface area contributed by atoms with E-state index in [0.717, 1.165) is 48.8 Å². The summed E-state index contributed by atoms with van der Waals surface area (Å²) >= 11 is 5.79. The normalized spacial score (nSPS) is 10.3. The summed E-state index contributed by atoms with van der Waals surface area (Å²) in [6, 6.07) is 50.4. The van der Waals surface area contributed by atoms with Crippen molar-refractivity contribution in [1.29, 1.82) is 0 Å². The first kappa shape index (κ1) is 53.5. The van der Waals surface area contributed by atoms with Gasteiger partial charge in [0.25, 0.3) is 0 Å². The van der Waals surface area contributed by atoms with Crippen molar-refractivity contribution in [1.82, 2.24) is 14.7 Å². The fraction of sp³-hybridized carbons (Fsp3) is 0.269. The van der Waals surface area contributed by atoms with Crippen LogP contribution in [-0.2, 0) is 53.1 Å². The third kappa shape index (κ3) is 21.0. The van der Waals surface area contributed by atoms with Crippen molar-refractivity contribution in [2.75, 3.05) is 42.3 Å². The predicted octanol–water partition coefficient (Wildman–Crippen LogP) is 6.41. The van der Waals surface area contributed by atoms with Crippen LogP contribution in [0.4, 0.5) is 0 Å². The molecule has 0 radical (unpaired) electrons. The molecule has 0 unspecified atom stereocenters. The van der Waals surface area contributed by atoms with Gasteiger partial charge in [0.05, 0.1) is 6.61 Å². The number of hydrogen-bond donors (Lipinski definition) is 1. The Morgan fingerprint density at radius 1 is 0.484 bits per heavy atom. The van der Waals surface area contributed by atoms with Crippen LogP contribution < -0.4 is 34.7 Å². The predicted molar refractivity (Wildman–Crippen MR) is 251 cm³/mol. The Morgan fingerprint density at radius 2 is 0.710 bits per heavy atom. The number of nitrogens with zero attached hydrogens (tertiary/aromatic N) is 3. The Kier molecular flexibility index (Phi) is 24.9. The van der Waals surface area contributed by atoms with E-state index in [2.05, 4.69) is 166 Å². The molecule has 0 aliphatic carbocycles. The molecule has 6 aromatic carbocycles. The Hall–Kier alpha value is -4.61.